The standard InChI is InChI=1S/C12H18N2O3/c1-10(15)17-11-6-9-14(12(11)16)8-5-4-7-13(2)3/h11H,6-9H2,1-3H3. The number of rotatable bonds is 3. The third-order valence-corrected chi connectivity index (χ3v) is 2.35. The number of hydrogen-bond donors (Lipinski definition) is 0. The summed E-state index contributed by atoms with van der Waals surface area (Å²) in [7, 11) is 3.87. The highest BCUT2D eigenvalue weighted by Gasteiger charge is 2.33. The molecule has 0 saturated carbocycles. The lowest BCUT2D eigenvalue weighted by molar-refractivity contribution is -0.154. The van der Waals surface area contributed by atoms with Crippen LogP contribution in [0.5, 0.6) is 0 Å². The maximum absolute atomic E-state index is 11.7. The normalized spacial score (nSPS) is 19.2. The summed E-state index contributed by atoms with van der Waals surface area (Å²) in [6.45, 7) is 3.00. The minimum Gasteiger partial charge on any atom is -0.452 e. The molecule has 1 unspecified atom stereocenters. The molecule has 0 aromatic heterocycles. The van der Waals surface area contributed by atoms with Crippen LogP contribution in [-0.2, 0) is 14.3 Å². The van der Waals surface area contributed by atoms with Gasteiger partial charge in [-0.2, -0.15) is 0 Å². The van der Waals surface area contributed by atoms with Crippen molar-refractivity contribution in [3.8, 4) is 11.8 Å². The summed E-state index contributed by atoms with van der Waals surface area (Å²) in [5.74, 6) is 5.35. The Morgan fingerprint density at radius 2 is 2.24 bits per heavy atom. The van der Waals surface area contributed by atoms with Crippen molar-refractivity contribution >= 4 is 11.9 Å². The second-order valence-electron chi connectivity index (χ2n) is 4.24. The first-order valence-corrected chi connectivity index (χ1v) is 5.57. The van der Waals surface area contributed by atoms with Crippen molar-refractivity contribution in [3.05, 3.63) is 0 Å². The zero-order valence-electron chi connectivity index (χ0n) is 10.5. The smallest absolute Gasteiger partial charge is 0.303 e. The van der Waals surface area contributed by atoms with Crippen LogP contribution in [0.1, 0.15) is 13.3 Å². The average molecular weight is 238 g/mol. The van der Waals surface area contributed by atoms with Crippen LogP contribution in [-0.4, -0.2) is 61.5 Å². The Balaban J connectivity index is 2.39. The number of nitrogens with zero attached hydrogens (tertiary/aromatic N) is 2. The molecule has 5 heteroatoms. The van der Waals surface area contributed by atoms with Gasteiger partial charge in [-0.05, 0) is 14.1 Å². The second kappa shape index (κ2) is 6.26. The summed E-state index contributed by atoms with van der Waals surface area (Å²) in [6.07, 6.45) is -0.0449. The van der Waals surface area contributed by atoms with E-state index in [1.807, 2.05) is 19.0 Å². The number of carbonyl (C=O) groups excluding carboxylic acids is 2. The summed E-state index contributed by atoms with van der Waals surface area (Å²) < 4.78 is 4.91. The van der Waals surface area contributed by atoms with E-state index in [0.717, 1.165) is 0 Å². The zero-order chi connectivity index (χ0) is 12.8. The monoisotopic (exact) mass is 238 g/mol. The average Bonchev–Trinajstić information content (AvgIpc) is 2.55. The highest BCUT2D eigenvalue weighted by atomic mass is 16.5. The molecule has 0 aliphatic carbocycles. The van der Waals surface area contributed by atoms with Gasteiger partial charge in [-0.25, -0.2) is 0 Å². The molecule has 0 aromatic rings. The fraction of sp³-hybridized carbons (Fsp3) is 0.667. The van der Waals surface area contributed by atoms with E-state index in [1.54, 1.807) is 4.90 Å². The summed E-state index contributed by atoms with van der Waals surface area (Å²) in [4.78, 5) is 26.1. The quantitative estimate of drug-likeness (QED) is 0.501. The van der Waals surface area contributed by atoms with E-state index < -0.39 is 12.1 Å². The van der Waals surface area contributed by atoms with Crippen molar-refractivity contribution in [2.75, 3.05) is 33.7 Å². The summed E-state index contributed by atoms with van der Waals surface area (Å²) >= 11 is 0. The molecule has 0 aromatic carbocycles. The van der Waals surface area contributed by atoms with Crippen LogP contribution in [0.4, 0.5) is 0 Å². The van der Waals surface area contributed by atoms with E-state index in [9.17, 15) is 9.59 Å². The molecule has 1 atom stereocenters. The minimum atomic E-state index is -0.608. The zero-order valence-corrected chi connectivity index (χ0v) is 10.5. The van der Waals surface area contributed by atoms with Crippen molar-refractivity contribution in [3.63, 3.8) is 0 Å². The highest BCUT2D eigenvalue weighted by Crippen LogP contribution is 2.13. The Morgan fingerprint density at radius 3 is 2.82 bits per heavy atom. The molecular weight excluding hydrogens is 220 g/mol. The third-order valence-electron chi connectivity index (χ3n) is 2.35. The third kappa shape index (κ3) is 4.45. The topological polar surface area (TPSA) is 49.9 Å². The fourth-order valence-electron chi connectivity index (χ4n) is 1.54. The molecule has 1 rings (SSSR count). The first-order chi connectivity index (χ1) is 8.00. The maximum atomic E-state index is 11.7. The summed E-state index contributed by atoms with van der Waals surface area (Å²) in [6, 6.07) is 0. The van der Waals surface area contributed by atoms with Gasteiger partial charge in [-0.3, -0.25) is 14.5 Å². The van der Waals surface area contributed by atoms with Gasteiger partial charge in [0.15, 0.2) is 6.10 Å². The Labute approximate surface area is 102 Å². The number of hydrogen-bond acceptors (Lipinski definition) is 4. The lowest BCUT2D eigenvalue weighted by Gasteiger charge is -2.12. The lowest BCUT2D eigenvalue weighted by atomic mass is 10.3. The highest BCUT2D eigenvalue weighted by molar-refractivity contribution is 5.85. The Hall–Kier alpha value is -1.54. The fourth-order valence-corrected chi connectivity index (χ4v) is 1.54. The Kier molecular flexibility index (Phi) is 4.98. The van der Waals surface area contributed by atoms with E-state index in [1.165, 1.54) is 6.92 Å². The van der Waals surface area contributed by atoms with Gasteiger partial charge in [0.1, 0.15) is 0 Å². The first kappa shape index (κ1) is 13.5. The molecule has 1 saturated heterocycles. The van der Waals surface area contributed by atoms with Crippen molar-refractivity contribution < 1.29 is 14.3 Å². The molecule has 1 amide bonds. The molecule has 1 fully saturated rings. The Bertz CT molecular complexity index is 354. The van der Waals surface area contributed by atoms with Crippen molar-refractivity contribution in [2.45, 2.75) is 19.4 Å². The molecule has 1 heterocycles. The molecule has 94 valence electrons. The molecule has 0 radical (unpaired) electrons. The maximum Gasteiger partial charge on any atom is 0.303 e. The van der Waals surface area contributed by atoms with Gasteiger partial charge >= 0.3 is 5.97 Å². The predicted octanol–water partition coefficient (Wildman–Crippen LogP) is -0.285. The van der Waals surface area contributed by atoms with Crippen LogP contribution < -0.4 is 0 Å². The number of esters is 1. The SMILES string of the molecule is CC(=O)OC1CCN(CC#CCN(C)C)C1=O. The van der Waals surface area contributed by atoms with Crippen LogP contribution >= 0.6 is 0 Å². The molecule has 0 bridgehead atoms. The lowest BCUT2D eigenvalue weighted by Crippen LogP contribution is -2.32. The molecule has 17 heavy (non-hydrogen) atoms. The van der Waals surface area contributed by atoms with Crippen LogP contribution in [0.2, 0.25) is 0 Å². The van der Waals surface area contributed by atoms with E-state index in [0.29, 0.717) is 26.1 Å². The molecule has 0 spiro atoms. The van der Waals surface area contributed by atoms with E-state index >= 15 is 0 Å². The van der Waals surface area contributed by atoms with Gasteiger partial charge in [0.2, 0.25) is 0 Å². The summed E-state index contributed by atoms with van der Waals surface area (Å²) in [5.41, 5.74) is 0. The minimum absolute atomic E-state index is 0.139. The van der Waals surface area contributed by atoms with Gasteiger partial charge in [0.05, 0.1) is 13.1 Å². The van der Waals surface area contributed by atoms with Crippen LogP contribution in [0.3, 0.4) is 0 Å². The number of amides is 1. The van der Waals surface area contributed by atoms with Gasteiger partial charge in [-0.1, -0.05) is 11.8 Å². The van der Waals surface area contributed by atoms with E-state index in [-0.39, 0.29) is 5.91 Å². The predicted molar refractivity (Wildman–Crippen MR) is 63.1 cm³/mol. The van der Waals surface area contributed by atoms with Gasteiger partial charge in [-0.15, -0.1) is 0 Å². The van der Waals surface area contributed by atoms with E-state index in [2.05, 4.69) is 11.8 Å². The van der Waals surface area contributed by atoms with Gasteiger partial charge in [0, 0.05) is 19.9 Å². The molecule has 5 nitrogen and oxygen atoms in total. The van der Waals surface area contributed by atoms with Crippen LogP contribution in [0, 0.1) is 11.8 Å². The van der Waals surface area contributed by atoms with Crippen LogP contribution in [0.15, 0.2) is 0 Å². The largest absolute Gasteiger partial charge is 0.452 e. The number of carbonyl (C=O) groups is 2. The summed E-state index contributed by atoms with van der Waals surface area (Å²) in [5, 5.41) is 0. The molecule has 0 N–H and O–H groups in total. The number of likely N-dealkylation sites (tertiary alicyclic amines) is 1. The van der Waals surface area contributed by atoms with Crippen molar-refractivity contribution in [2.24, 2.45) is 0 Å². The van der Waals surface area contributed by atoms with Crippen LogP contribution in [0.25, 0.3) is 0 Å². The Morgan fingerprint density at radius 1 is 1.53 bits per heavy atom. The second-order valence-corrected chi connectivity index (χ2v) is 4.24. The van der Waals surface area contributed by atoms with E-state index in [4.69, 9.17) is 4.74 Å². The van der Waals surface area contributed by atoms with Gasteiger partial charge in [0.25, 0.3) is 5.91 Å². The first-order valence-electron chi connectivity index (χ1n) is 5.57. The van der Waals surface area contributed by atoms with Gasteiger partial charge < -0.3 is 9.64 Å². The molecule has 1 aliphatic heterocycles. The van der Waals surface area contributed by atoms with Crippen molar-refractivity contribution in [1.82, 2.24) is 9.80 Å². The molecular formula is C12H18N2O3. The molecule has 1 aliphatic rings. The van der Waals surface area contributed by atoms with Crippen molar-refractivity contribution in [1.29, 1.82) is 0 Å². The number of ether oxygens (including phenoxy) is 1.